The molecule has 0 saturated carbocycles. The van der Waals surface area contributed by atoms with Crippen LogP contribution in [0.2, 0.25) is 0 Å². The molecular weight excluding hydrogens is 306 g/mol. The molecule has 0 aliphatic heterocycles. The SMILES string of the molecule is CCNCc1scc(C)c1S(=O)(=O)Nc1cnccc1C. The Morgan fingerprint density at radius 2 is 2.05 bits per heavy atom. The van der Waals surface area contributed by atoms with Gasteiger partial charge in [-0.1, -0.05) is 6.92 Å². The number of aromatic nitrogens is 1. The third-order valence-electron chi connectivity index (χ3n) is 3.08. The van der Waals surface area contributed by atoms with E-state index in [0.29, 0.717) is 17.1 Å². The topological polar surface area (TPSA) is 71.1 Å². The maximum Gasteiger partial charge on any atom is 0.263 e. The summed E-state index contributed by atoms with van der Waals surface area (Å²) >= 11 is 1.46. The third kappa shape index (κ3) is 3.61. The molecule has 2 rings (SSSR count). The third-order valence-corrected chi connectivity index (χ3v) is 5.91. The molecule has 0 aliphatic rings. The quantitative estimate of drug-likeness (QED) is 0.856. The van der Waals surface area contributed by atoms with Gasteiger partial charge in [0, 0.05) is 17.6 Å². The number of anilines is 1. The van der Waals surface area contributed by atoms with Crippen molar-refractivity contribution in [3.05, 3.63) is 39.8 Å². The molecule has 0 fully saturated rings. The summed E-state index contributed by atoms with van der Waals surface area (Å²) in [6.07, 6.45) is 3.16. The molecule has 0 spiro atoms. The lowest BCUT2D eigenvalue weighted by Gasteiger charge is -2.12. The van der Waals surface area contributed by atoms with E-state index in [2.05, 4.69) is 15.0 Å². The van der Waals surface area contributed by atoms with Crippen molar-refractivity contribution in [1.82, 2.24) is 10.3 Å². The van der Waals surface area contributed by atoms with E-state index < -0.39 is 10.0 Å². The number of hydrogen-bond donors (Lipinski definition) is 2. The van der Waals surface area contributed by atoms with E-state index in [4.69, 9.17) is 0 Å². The Balaban J connectivity index is 2.36. The highest BCUT2D eigenvalue weighted by atomic mass is 32.2. The fraction of sp³-hybridized carbons (Fsp3) is 0.357. The Morgan fingerprint density at radius 3 is 2.71 bits per heavy atom. The minimum absolute atomic E-state index is 0.372. The first-order valence-electron chi connectivity index (χ1n) is 6.66. The summed E-state index contributed by atoms with van der Waals surface area (Å²) in [5.74, 6) is 0. The smallest absolute Gasteiger partial charge is 0.263 e. The average molecular weight is 325 g/mol. The Kier molecular flexibility index (Phi) is 4.97. The molecule has 0 radical (unpaired) electrons. The lowest BCUT2D eigenvalue weighted by molar-refractivity contribution is 0.599. The Bertz CT molecular complexity index is 724. The summed E-state index contributed by atoms with van der Waals surface area (Å²) in [5, 5.41) is 5.04. The highest BCUT2D eigenvalue weighted by Gasteiger charge is 2.23. The number of nitrogens with zero attached hydrogens (tertiary/aromatic N) is 1. The van der Waals surface area contributed by atoms with Crippen LogP contribution >= 0.6 is 11.3 Å². The number of pyridine rings is 1. The zero-order chi connectivity index (χ0) is 15.5. The van der Waals surface area contributed by atoms with Gasteiger partial charge in [0.2, 0.25) is 0 Å². The molecule has 0 bridgehead atoms. The van der Waals surface area contributed by atoms with Crippen LogP contribution in [0.15, 0.2) is 28.7 Å². The van der Waals surface area contributed by atoms with Crippen LogP contribution in [0.5, 0.6) is 0 Å². The van der Waals surface area contributed by atoms with Crippen molar-refractivity contribution >= 4 is 27.0 Å². The van der Waals surface area contributed by atoms with E-state index in [-0.39, 0.29) is 0 Å². The predicted molar refractivity (Wildman–Crippen MR) is 86.2 cm³/mol. The van der Waals surface area contributed by atoms with Crippen molar-refractivity contribution in [2.24, 2.45) is 0 Å². The Morgan fingerprint density at radius 1 is 1.29 bits per heavy atom. The first-order chi connectivity index (χ1) is 9.95. The molecule has 7 heteroatoms. The van der Waals surface area contributed by atoms with E-state index in [1.165, 1.54) is 17.5 Å². The van der Waals surface area contributed by atoms with Crippen LogP contribution in [0.4, 0.5) is 5.69 Å². The first-order valence-corrected chi connectivity index (χ1v) is 9.03. The zero-order valence-electron chi connectivity index (χ0n) is 12.3. The minimum Gasteiger partial charge on any atom is -0.312 e. The number of hydrogen-bond acceptors (Lipinski definition) is 5. The molecule has 0 saturated heterocycles. The number of sulfonamides is 1. The fourth-order valence-corrected chi connectivity index (χ4v) is 4.87. The fourth-order valence-electron chi connectivity index (χ4n) is 1.98. The van der Waals surface area contributed by atoms with Crippen molar-refractivity contribution < 1.29 is 8.42 Å². The van der Waals surface area contributed by atoms with Gasteiger partial charge in [0.05, 0.1) is 11.9 Å². The van der Waals surface area contributed by atoms with Crippen LogP contribution < -0.4 is 10.0 Å². The summed E-state index contributed by atoms with van der Waals surface area (Å²) in [6, 6.07) is 1.78. The van der Waals surface area contributed by atoms with Gasteiger partial charge in [0.1, 0.15) is 4.90 Å². The van der Waals surface area contributed by atoms with Crippen molar-refractivity contribution in [2.45, 2.75) is 32.2 Å². The van der Waals surface area contributed by atoms with E-state index in [0.717, 1.165) is 22.5 Å². The van der Waals surface area contributed by atoms with Crippen molar-refractivity contribution in [3.8, 4) is 0 Å². The number of thiophene rings is 1. The van der Waals surface area contributed by atoms with E-state index in [1.807, 2.05) is 26.2 Å². The van der Waals surface area contributed by atoms with Crippen molar-refractivity contribution in [3.63, 3.8) is 0 Å². The maximum absolute atomic E-state index is 12.7. The van der Waals surface area contributed by atoms with Gasteiger partial charge in [-0.25, -0.2) is 8.42 Å². The second-order valence-corrected chi connectivity index (χ2v) is 7.33. The van der Waals surface area contributed by atoms with E-state index >= 15 is 0 Å². The maximum atomic E-state index is 12.7. The summed E-state index contributed by atoms with van der Waals surface area (Å²) in [5.41, 5.74) is 2.12. The van der Waals surface area contributed by atoms with Crippen LogP contribution in [-0.4, -0.2) is 19.9 Å². The molecule has 21 heavy (non-hydrogen) atoms. The molecule has 0 atom stereocenters. The first kappa shape index (κ1) is 15.9. The van der Waals surface area contributed by atoms with Crippen LogP contribution in [0, 0.1) is 13.8 Å². The zero-order valence-corrected chi connectivity index (χ0v) is 13.9. The molecule has 2 N–H and O–H groups in total. The molecule has 2 aromatic heterocycles. The predicted octanol–water partition coefficient (Wildman–Crippen LogP) is 2.67. The molecule has 5 nitrogen and oxygen atoms in total. The van der Waals surface area contributed by atoms with Gasteiger partial charge >= 0.3 is 0 Å². The Hall–Kier alpha value is -1.44. The summed E-state index contributed by atoms with van der Waals surface area (Å²) < 4.78 is 28.0. The summed E-state index contributed by atoms with van der Waals surface area (Å²) in [6.45, 7) is 7.00. The molecule has 2 aromatic rings. The van der Waals surface area contributed by atoms with Gasteiger partial charge in [-0.05, 0) is 43.0 Å². The largest absolute Gasteiger partial charge is 0.312 e. The average Bonchev–Trinajstić information content (AvgIpc) is 2.81. The number of aryl methyl sites for hydroxylation is 2. The monoisotopic (exact) mass is 325 g/mol. The molecule has 2 heterocycles. The van der Waals surface area contributed by atoms with Crippen LogP contribution in [0.3, 0.4) is 0 Å². The van der Waals surface area contributed by atoms with Crippen molar-refractivity contribution in [1.29, 1.82) is 0 Å². The molecule has 114 valence electrons. The minimum atomic E-state index is -3.60. The molecule has 0 unspecified atom stereocenters. The standard InChI is InChI=1S/C14H19N3O2S2/c1-4-15-8-13-14(11(3)9-20-13)21(18,19)17-12-7-16-6-5-10(12)2/h5-7,9,15,17H,4,8H2,1-3H3. The van der Waals surface area contributed by atoms with Gasteiger partial charge < -0.3 is 5.32 Å². The highest BCUT2D eigenvalue weighted by Crippen LogP contribution is 2.29. The van der Waals surface area contributed by atoms with E-state index in [9.17, 15) is 8.42 Å². The number of nitrogens with one attached hydrogen (secondary N) is 2. The van der Waals surface area contributed by atoms with Crippen molar-refractivity contribution in [2.75, 3.05) is 11.3 Å². The number of rotatable bonds is 6. The second kappa shape index (κ2) is 6.55. The second-order valence-electron chi connectivity index (χ2n) is 4.75. The van der Waals surface area contributed by atoms with Gasteiger partial charge in [-0.15, -0.1) is 11.3 Å². The summed E-state index contributed by atoms with van der Waals surface area (Å²) in [7, 11) is -3.60. The van der Waals surface area contributed by atoms with Crippen LogP contribution in [-0.2, 0) is 16.6 Å². The van der Waals surface area contributed by atoms with Gasteiger partial charge in [0.15, 0.2) is 0 Å². The Labute approximate surface area is 129 Å². The molecule has 0 amide bonds. The lowest BCUT2D eigenvalue weighted by Crippen LogP contribution is -2.18. The van der Waals surface area contributed by atoms with Crippen LogP contribution in [0.1, 0.15) is 22.9 Å². The summed E-state index contributed by atoms with van der Waals surface area (Å²) in [4.78, 5) is 5.16. The van der Waals surface area contributed by atoms with Gasteiger partial charge in [-0.2, -0.15) is 0 Å². The normalized spacial score (nSPS) is 11.6. The molecule has 0 aromatic carbocycles. The molecule has 0 aliphatic carbocycles. The van der Waals surface area contributed by atoms with Crippen LogP contribution in [0.25, 0.3) is 0 Å². The van der Waals surface area contributed by atoms with E-state index in [1.54, 1.807) is 12.3 Å². The molecular formula is C14H19N3O2S2. The highest BCUT2D eigenvalue weighted by molar-refractivity contribution is 7.93. The van der Waals surface area contributed by atoms with Gasteiger partial charge in [0.25, 0.3) is 10.0 Å². The van der Waals surface area contributed by atoms with Gasteiger partial charge in [-0.3, -0.25) is 9.71 Å². The lowest BCUT2D eigenvalue weighted by atomic mass is 10.3.